The standard InChI is InChI=1S/C15H18BrCl2NO2/c1-19(11-5-3-2-4-6-11)14(20)9-21-15-12(16)7-10(17)8-13(15)18/h7-8,11H,2-6,9H2,1H3. The molecule has 0 bridgehead atoms. The van der Waals surface area contributed by atoms with Crippen LogP contribution in [0.15, 0.2) is 16.6 Å². The molecule has 21 heavy (non-hydrogen) atoms. The van der Waals surface area contributed by atoms with E-state index in [0.717, 1.165) is 12.8 Å². The Balaban J connectivity index is 1.94. The molecule has 1 amide bonds. The number of likely N-dealkylation sites (N-methyl/N-ethyl adjacent to an activating group) is 1. The fourth-order valence-electron chi connectivity index (χ4n) is 2.57. The monoisotopic (exact) mass is 393 g/mol. The van der Waals surface area contributed by atoms with Gasteiger partial charge in [-0.15, -0.1) is 0 Å². The van der Waals surface area contributed by atoms with Crippen molar-refractivity contribution >= 4 is 45.0 Å². The molecule has 0 N–H and O–H groups in total. The van der Waals surface area contributed by atoms with Gasteiger partial charge in [0.25, 0.3) is 5.91 Å². The van der Waals surface area contributed by atoms with Crippen LogP contribution in [0.1, 0.15) is 32.1 Å². The molecular formula is C15H18BrCl2NO2. The van der Waals surface area contributed by atoms with Crippen LogP contribution in [0.3, 0.4) is 0 Å². The van der Waals surface area contributed by atoms with E-state index in [2.05, 4.69) is 15.9 Å². The average molecular weight is 395 g/mol. The molecule has 0 saturated heterocycles. The number of carbonyl (C=O) groups is 1. The van der Waals surface area contributed by atoms with Gasteiger partial charge in [-0.25, -0.2) is 0 Å². The molecule has 2 rings (SSSR count). The molecule has 0 heterocycles. The second kappa shape index (κ2) is 7.70. The largest absolute Gasteiger partial charge is 0.481 e. The minimum absolute atomic E-state index is 0.0209. The lowest BCUT2D eigenvalue weighted by molar-refractivity contribution is -0.134. The van der Waals surface area contributed by atoms with Gasteiger partial charge in [0.05, 0.1) is 9.50 Å². The molecule has 1 aromatic carbocycles. The zero-order chi connectivity index (χ0) is 15.4. The van der Waals surface area contributed by atoms with Crippen LogP contribution < -0.4 is 4.74 Å². The molecule has 3 nitrogen and oxygen atoms in total. The molecule has 0 spiro atoms. The van der Waals surface area contributed by atoms with Crippen molar-refractivity contribution in [3.8, 4) is 5.75 Å². The molecular weight excluding hydrogens is 377 g/mol. The number of hydrogen-bond acceptors (Lipinski definition) is 2. The minimum atomic E-state index is -0.0279. The summed E-state index contributed by atoms with van der Waals surface area (Å²) in [5, 5.41) is 0.910. The lowest BCUT2D eigenvalue weighted by Gasteiger charge is -2.31. The Labute approximate surface area is 143 Å². The summed E-state index contributed by atoms with van der Waals surface area (Å²) in [5.74, 6) is 0.422. The van der Waals surface area contributed by atoms with Crippen molar-refractivity contribution in [3.05, 3.63) is 26.7 Å². The van der Waals surface area contributed by atoms with Crippen molar-refractivity contribution < 1.29 is 9.53 Å². The smallest absolute Gasteiger partial charge is 0.260 e. The van der Waals surface area contributed by atoms with Crippen LogP contribution in [-0.4, -0.2) is 30.5 Å². The van der Waals surface area contributed by atoms with Crippen LogP contribution in [0, 0.1) is 0 Å². The van der Waals surface area contributed by atoms with Crippen LogP contribution >= 0.6 is 39.1 Å². The molecule has 6 heteroatoms. The first kappa shape index (κ1) is 16.9. The van der Waals surface area contributed by atoms with Gasteiger partial charge in [0.2, 0.25) is 0 Å². The summed E-state index contributed by atoms with van der Waals surface area (Å²) >= 11 is 15.3. The summed E-state index contributed by atoms with van der Waals surface area (Å²) in [4.78, 5) is 14.0. The van der Waals surface area contributed by atoms with E-state index in [4.69, 9.17) is 27.9 Å². The molecule has 1 aromatic rings. The molecule has 1 fully saturated rings. The minimum Gasteiger partial charge on any atom is -0.481 e. The SMILES string of the molecule is CN(C(=O)COc1c(Cl)cc(Cl)cc1Br)C1CCCCC1. The van der Waals surface area contributed by atoms with E-state index in [9.17, 15) is 4.79 Å². The van der Waals surface area contributed by atoms with Gasteiger partial charge in [-0.3, -0.25) is 4.79 Å². The van der Waals surface area contributed by atoms with Crippen molar-refractivity contribution in [3.63, 3.8) is 0 Å². The summed E-state index contributed by atoms with van der Waals surface area (Å²) in [5.41, 5.74) is 0. The van der Waals surface area contributed by atoms with Crippen LogP contribution in [0.2, 0.25) is 10.0 Å². The summed E-state index contributed by atoms with van der Waals surface area (Å²) in [6.07, 6.45) is 5.80. The molecule has 0 radical (unpaired) electrons. The van der Waals surface area contributed by atoms with Gasteiger partial charge in [0, 0.05) is 18.1 Å². The molecule has 1 aliphatic rings. The average Bonchev–Trinajstić information content (AvgIpc) is 2.46. The zero-order valence-corrected chi connectivity index (χ0v) is 15.0. The van der Waals surface area contributed by atoms with Gasteiger partial charge in [-0.2, -0.15) is 0 Å². The van der Waals surface area contributed by atoms with Crippen molar-refractivity contribution in [2.75, 3.05) is 13.7 Å². The third-order valence-electron chi connectivity index (χ3n) is 3.82. The van der Waals surface area contributed by atoms with E-state index in [1.807, 2.05) is 7.05 Å². The van der Waals surface area contributed by atoms with E-state index in [1.165, 1.54) is 19.3 Å². The fourth-order valence-corrected chi connectivity index (χ4v) is 3.94. The Morgan fingerprint density at radius 3 is 2.62 bits per heavy atom. The van der Waals surface area contributed by atoms with Gasteiger partial charge < -0.3 is 9.64 Å². The normalized spacial score (nSPS) is 15.8. The van der Waals surface area contributed by atoms with Gasteiger partial charge in [0.1, 0.15) is 0 Å². The van der Waals surface area contributed by atoms with Crippen LogP contribution in [-0.2, 0) is 4.79 Å². The Kier molecular flexibility index (Phi) is 6.20. The lowest BCUT2D eigenvalue weighted by Crippen LogP contribution is -2.40. The highest BCUT2D eigenvalue weighted by Gasteiger charge is 2.22. The topological polar surface area (TPSA) is 29.5 Å². The Bertz CT molecular complexity index is 495. The van der Waals surface area contributed by atoms with Crippen LogP contribution in [0.5, 0.6) is 5.75 Å². The van der Waals surface area contributed by atoms with Crippen molar-refractivity contribution in [1.82, 2.24) is 4.90 Å². The third kappa shape index (κ3) is 4.51. The molecule has 116 valence electrons. The first-order valence-electron chi connectivity index (χ1n) is 7.02. The van der Waals surface area contributed by atoms with Crippen molar-refractivity contribution in [2.24, 2.45) is 0 Å². The number of carbonyl (C=O) groups excluding carboxylic acids is 1. The van der Waals surface area contributed by atoms with Crippen molar-refractivity contribution in [2.45, 2.75) is 38.1 Å². The summed E-state index contributed by atoms with van der Waals surface area (Å²) in [7, 11) is 1.85. The maximum Gasteiger partial charge on any atom is 0.260 e. The third-order valence-corrected chi connectivity index (χ3v) is 4.91. The van der Waals surface area contributed by atoms with Gasteiger partial charge >= 0.3 is 0 Å². The molecule has 1 saturated carbocycles. The van der Waals surface area contributed by atoms with E-state index in [-0.39, 0.29) is 12.5 Å². The van der Waals surface area contributed by atoms with Crippen LogP contribution in [0.4, 0.5) is 0 Å². The predicted octanol–water partition coefficient (Wildman–Crippen LogP) is 4.93. The first-order valence-corrected chi connectivity index (χ1v) is 8.57. The van der Waals surface area contributed by atoms with E-state index >= 15 is 0 Å². The fraction of sp³-hybridized carbons (Fsp3) is 0.533. The van der Waals surface area contributed by atoms with Gasteiger partial charge in [-0.1, -0.05) is 42.5 Å². The maximum absolute atomic E-state index is 12.2. The van der Waals surface area contributed by atoms with Gasteiger partial charge in [-0.05, 0) is 40.9 Å². The van der Waals surface area contributed by atoms with Crippen LogP contribution in [0.25, 0.3) is 0 Å². The summed E-state index contributed by atoms with van der Waals surface area (Å²) < 4.78 is 6.21. The maximum atomic E-state index is 12.2. The number of rotatable bonds is 4. The quantitative estimate of drug-likeness (QED) is 0.724. The molecule has 1 aliphatic carbocycles. The molecule has 0 atom stereocenters. The Hall–Kier alpha value is -0.450. The lowest BCUT2D eigenvalue weighted by atomic mass is 9.94. The van der Waals surface area contributed by atoms with E-state index in [0.29, 0.717) is 26.3 Å². The van der Waals surface area contributed by atoms with E-state index < -0.39 is 0 Å². The number of nitrogens with zero attached hydrogens (tertiary/aromatic N) is 1. The number of benzene rings is 1. The zero-order valence-electron chi connectivity index (χ0n) is 11.9. The second-order valence-corrected chi connectivity index (χ2v) is 6.98. The van der Waals surface area contributed by atoms with E-state index in [1.54, 1.807) is 17.0 Å². The second-order valence-electron chi connectivity index (χ2n) is 5.28. The molecule has 0 unspecified atom stereocenters. The Morgan fingerprint density at radius 2 is 2.00 bits per heavy atom. The summed E-state index contributed by atoms with van der Waals surface area (Å²) in [6, 6.07) is 3.62. The predicted molar refractivity (Wildman–Crippen MR) is 89.3 cm³/mol. The number of hydrogen-bond donors (Lipinski definition) is 0. The number of halogens is 3. The van der Waals surface area contributed by atoms with Gasteiger partial charge in [0.15, 0.2) is 12.4 Å². The first-order chi connectivity index (χ1) is 9.99. The molecule has 0 aliphatic heterocycles. The Morgan fingerprint density at radius 1 is 1.33 bits per heavy atom. The number of amides is 1. The summed E-state index contributed by atoms with van der Waals surface area (Å²) in [6.45, 7) is -0.0209. The highest BCUT2D eigenvalue weighted by molar-refractivity contribution is 9.10. The van der Waals surface area contributed by atoms with Crippen molar-refractivity contribution in [1.29, 1.82) is 0 Å². The highest BCUT2D eigenvalue weighted by Crippen LogP contribution is 2.36. The molecule has 0 aromatic heterocycles. The highest BCUT2D eigenvalue weighted by atomic mass is 79.9. The number of ether oxygens (including phenoxy) is 1.